The van der Waals surface area contributed by atoms with Crippen LogP contribution in [-0.4, -0.2) is 31.7 Å². The molecule has 78 valence electrons. The SMILES string of the molecule is COC(=O)C(C)(C)NS(=O)(=O)CBr. The van der Waals surface area contributed by atoms with Crippen LogP contribution in [-0.2, 0) is 19.6 Å². The van der Waals surface area contributed by atoms with E-state index in [1.54, 1.807) is 0 Å². The van der Waals surface area contributed by atoms with Crippen molar-refractivity contribution >= 4 is 31.9 Å². The minimum Gasteiger partial charge on any atom is -0.468 e. The lowest BCUT2D eigenvalue weighted by molar-refractivity contribution is -0.146. The minimum atomic E-state index is -3.47. The minimum absolute atomic E-state index is 0.250. The topological polar surface area (TPSA) is 72.5 Å². The molecule has 0 unspecified atom stereocenters. The van der Waals surface area contributed by atoms with Crippen molar-refractivity contribution in [2.45, 2.75) is 19.4 Å². The van der Waals surface area contributed by atoms with Crippen molar-refractivity contribution < 1.29 is 17.9 Å². The number of sulfonamides is 1. The van der Waals surface area contributed by atoms with Gasteiger partial charge in [0.25, 0.3) is 0 Å². The van der Waals surface area contributed by atoms with E-state index < -0.39 is 21.5 Å². The zero-order valence-corrected chi connectivity index (χ0v) is 10.0. The predicted octanol–water partition coefficient (Wildman–Crippen LogP) is 0.210. The molecule has 0 aromatic rings. The van der Waals surface area contributed by atoms with Gasteiger partial charge in [0.2, 0.25) is 10.0 Å². The molecule has 0 bridgehead atoms. The van der Waals surface area contributed by atoms with Gasteiger partial charge in [0.05, 0.1) is 7.11 Å². The van der Waals surface area contributed by atoms with Crippen LogP contribution in [0.5, 0.6) is 0 Å². The molecule has 5 nitrogen and oxygen atoms in total. The number of hydrogen-bond donors (Lipinski definition) is 1. The van der Waals surface area contributed by atoms with Gasteiger partial charge in [0.1, 0.15) is 10.2 Å². The Hall–Kier alpha value is -0.140. The predicted molar refractivity (Wildman–Crippen MR) is 51.9 cm³/mol. The van der Waals surface area contributed by atoms with Crippen LogP contribution in [0.15, 0.2) is 0 Å². The lowest BCUT2D eigenvalue weighted by Gasteiger charge is -2.21. The summed E-state index contributed by atoms with van der Waals surface area (Å²) in [6, 6.07) is 0. The summed E-state index contributed by atoms with van der Waals surface area (Å²) in [7, 11) is -2.27. The van der Waals surface area contributed by atoms with E-state index in [0.29, 0.717) is 0 Å². The van der Waals surface area contributed by atoms with Crippen molar-refractivity contribution in [3.05, 3.63) is 0 Å². The summed E-state index contributed by atoms with van der Waals surface area (Å²) in [4.78, 5) is 11.1. The van der Waals surface area contributed by atoms with E-state index in [2.05, 4.69) is 25.4 Å². The van der Waals surface area contributed by atoms with Gasteiger partial charge in [-0.05, 0) is 13.8 Å². The number of hydrogen-bond acceptors (Lipinski definition) is 4. The number of halogens is 1. The number of ether oxygens (including phenoxy) is 1. The highest BCUT2D eigenvalue weighted by Crippen LogP contribution is 2.07. The first-order valence-electron chi connectivity index (χ1n) is 3.41. The number of alkyl halides is 1. The summed E-state index contributed by atoms with van der Waals surface area (Å²) in [5.41, 5.74) is -1.23. The van der Waals surface area contributed by atoms with Gasteiger partial charge >= 0.3 is 5.97 Å². The smallest absolute Gasteiger partial charge is 0.326 e. The molecule has 0 aromatic carbocycles. The van der Waals surface area contributed by atoms with Crippen molar-refractivity contribution in [2.75, 3.05) is 11.8 Å². The third kappa shape index (κ3) is 4.06. The number of carbonyl (C=O) groups is 1. The molecule has 0 aliphatic heterocycles. The summed E-state index contributed by atoms with van der Waals surface area (Å²) in [5, 5.41) is 0. The summed E-state index contributed by atoms with van der Waals surface area (Å²) in [5.74, 6) is -0.628. The quantitative estimate of drug-likeness (QED) is 0.587. The standard InChI is InChI=1S/C6H12BrNO4S/c1-6(2,5(9)12-3)8-13(10,11)4-7/h8H,4H2,1-3H3. The van der Waals surface area contributed by atoms with Crippen LogP contribution in [0.3, 0.4) is 0 Å². The van der Waals surface area contributed by atoms with Crippen molar-refractivity contribution in [2.24, 2.45) is 0 Å². The van der Waals surface area contributed by atoms with Crippen LogP contribution in [0.1, 0.15) is 13.8 Å². The Balaban J connectivity index is 4.61. The van der Waals surface area contributed by atoms with Crippen LogP contribution >= 0.6 is 15.9 Å². The van der Waals surface area contributed by atoms with E-state index in [0.717, 1.165) is 0 Å². The van der Waals surface area contributed by atoms with Gasteiger partial charge in [-0.3, -0.25) is 4.79 Å². The molecular formula is C6H12BrNO4S. The number of esters is 1. The molecule has 0 saturated carbocycles. The van der Waals surface area contributed by atoms with Crippen molar-refractivity contribution in [1.82, 2.24) is 4.72 Å². The molecule has 0 atom stereocenters. The second-order valence-corrected chi connectivity index (χ2v) is 5.97. The van der Waals surface area contributed by atoms with Crippen molar-refractivity contribution in [1.29, 1.82) is 0 Å². The van der Waals surface area contributed by atoms with Crippen LogP contribution in [0.4, 0.5) is 0 Å². The maximum Gasteiger partial charge on any atom is 0.326 e. The molecule has 0 spiro atoms. The Kier molecular flexibility index (Phi) is 4.34. The highest BCUT2D eigenvalue weighted by Gasteiger charge is 2.32. The first-order chi connectivity index (χ1) is 5.75. The van der Waals surface area contributed by atoms with Gasteiger partial charge in [0.15, 0.2) is 0 Å². The third-order valence-electron chi connectivity index (χ3n) is 1.25. The largest absolute Gasteiger partial charge is 0.468 e. The fraction of sp³-hybridized carbons (Fsp3) is 0.833. The Morgan fingerprint density at radius 3 is 2.31 bits per heavy atom. The lowest BCUT2D eigenvalue weighted by Crippen LogP contribution is -2.50. The van der Waals surface area contributed by atoms with E-state index in [9.17, 15) is 13.2 Å². The number of nitrogens with one attached hydrogen (secondary N) is 1. The number of rotatable bonds is 4. The second kappa shape index (κ2) is 4.39. The van der Waals surface area contributed by atoms with E-state index in [4.69, 9.17) is 0 Å². The van der Waals surface area contributed by atoms with E-state index >= 15 is 0 Å². The number of methoxy groups -OCH3 is 1. The van der Waals surface area contributed by atoms with Gasteiger partial charge in [-0.25, -0.2) is 8.42 Å². The molecule has 1 N–H and O–H groups in total. The summed E-state index contributed by atoms with van der Waals surface area (Å²) >= 11 is 2.79. The van der Waals surface area contributed by atoms with E-state index in [1.165, 1.54) is 21.0 Å². The zero-order chi connectivity index (χ0) is 10.7. The fourth-order valence-corrected chi connectivity index (χ4v) is 1.97. The van der Waals surface area contributed by atoms with Gasteiger partial charge < -0.3 is 4.74 Å². The van der Waals surface area contributed by atoms with Gasteiger partial charge in [0, 0.05) is 0 Å². The molecule has 0 amide bonds. The lowest BCUT2D eigenvalue weighted by atomic mass is 10.1. The molecule has 0 aromatic heterocycles. The molecule has 7 heteroatoms. The highest BCUT2D eigenvalue weighted by molar-refractivity contribution is 9.10. The van der Waals surface area contributed by atoms with Gasteiger partial charge in [-0.2, -0.15) is 4.72 Å². The fourth-order valence-electron chi connectivity index (χ4n) is 0.713. The summed E-state index contributed by atoms with van der Waals surface area (Å²) < 4.78 is 28.5. The summed E-state index contributed by atoms with van der Waals surface area (Å²) in [6.45, 7) is 2.86. The second-order valence-electron chi connectivity index (χ2n) is 2.94. The Bertz CT molecular complexity index is 285. The monoisotopic (exact) mass is 273 g/mol. The molecule has 0 aliphatic rings. The highest BCUT2D eigenvalue weighted by atomic mass is 79.9. The molecule has 0 fully saturated rings. The average molecular weight is 274 g/mol. The van der Waals surface area contributed by atoms with E-state index in [-0.39, 0.29) is 4.66 Å². The Morgan fingerprint density at radius 2 is 2.00 bits per heavy atom. The molecule has 13 heavy (non-hydrogen) atoms. The zero-order valence-electron chi connectivity index (χ0n) is 7.63. The van der Waals surface area contributed by atoms with Gasteiger partial charge in [-0.15, -0.1) is 0 Å². The average Bonchev–Trinajstić information content (AvgIpc) is 2.01. The molecule has 0 radical (unpaired) electrons. The van der Waals surface area contributed by atoms with Crippen LogP contribution < -0.4 is 4.72 Å². The molecule has 0 aliphatic carbocycles. The molecule has 0 saturated heterocycles. The van der Waals surface area contributed by atoms with Crippen molar-refractivity contribution in [3.8, 4) is 0 Å². The third-order valence-corrected chi connectivity index (χ3v) is 4.17. The van der Waals surface area contributed by atoms with Crippen LogP contribution in [0.2, 0.25) is 0 Å². The maximum absolute atomic E-state index is 11.1. The van der Waals surface area contributed by atoms with E-state index in [1.807, 2.05) is 0 Å². The normalized spacial score (nSPS) is 12.6. The molecule has 0 rings (SSSR count). The molecular weight excluding hydrogens is 262 g/mol. The maximum atomic E-state index is 11.1. The van der Waals surface area contributed by atoms with Crippen molar-refractivity contribution in [3.63, 3.8) is 0 Å². The number of carbonyl (C=O) groups excluding carboxylic acids is 1. The van der Waals surface area contributed by atoms with Gasteiger partial charge in [-0.1, -0.05) is 15.9 Å². The first-order valence-corrected chi connectivity index (χ1v) is 6.18. The Morgan fingerprint density at radius 1 is 1.54 bits per heavy atom. The van der Waals surface area contributed by atoms with Crippen LogP contribution in [0.25, 0.3) is 0 Å². The first kappa shape index (κ1) is 12.9. The van der Waals surface area contributed by atoms with Crippen LogP contribution in [0, 0.1) is 0 Å². The molecule has 0 heterocycles. The summed E-state index contributed by atoms with van der Waals surface area (Å²) in [6.07, 6.45) is 0. The Labute approximate surface area is 86.0 Å².